The summed E-state index contributed by atoms with van der Waals surface area (Å²) in [6.07, 6.45) is 3.82. The molecule has 0 aliphatic carbocycles. The standard InChI is InChI=1S/C12H15FN2O/c13-11-5-2-10(3-6-11)4-7-12(16)15-9-1-8-14/h2-7H,1,8-9,14H2,(H,15,16). The maximum Gasteiger partial charge on any atom is 0.243 e. The van der Waals surface area contributed by atoms with Crippen molar-refractivity contribution in [3.8, 4) is 0 Å². The number of carbonyl (C=O) groups is 1. The maximum atomic E-state index is 12.6. The molecule has 0 aliphatic rings. The van der Waals surface area contributed by atoms with E-state index in [2.05, 4.69) is 5.32 Å². The van der Waals surface area contributed by atoms with Gasteiger partial charge in [-0.1, -0.05) is 12.1 Å². The number of rotatable bonds is 5. The molecule has 0 unspecified atom stereocenters. The molecule has 0 fully saturated rings. The van der Waals surface area contributed by atoms with Gasteiger partial charge >= 0.3 is 0 Å². The molecule has 0 aromatic heterocycles. The molecule has 0 heterocycles. The van der Waals surface area contributed by atoms with Crippen LogP contribution in [0.5, 0.6) is 0 Å². The number of amides is 1. The topological polar surface area (TPSA) is 55.1 Å². The van der Waals surface area contributed by atoms with Crippen molar-refractivity contribution in [2.75, 3.05) is 13.1 Å². The minimum Gasteiger partial charge on any atom is -0.353 e. The van der Waals surface area contributed by atoms with Gasteiger partial charge in [-0.3, -0.25) is 4.79 Å². The summed E-state index contributed by atoms with van der Waals surface area (Å²) >= 11 is 0. The van der Waals surface area contributed by atoms with Gasteiger partial charge in [0.1, 0.15) is 5.82 Å². The molecule has 86 valence electrons. The fourth-order valence-electron chi connectivity index (χ4n) is 1.12. The molecule has 0 spiro atoms. The molecule has 0 bridgehead atoms. The molecule has 1 aromatic carbocycles. The highest BCUT2D eigenvalue weighted by molar-refractivity contribution is 5.91. The largest absolute Gasteiger partial charge is 0.353 e. The van der Waals surface area contributed by atoms with Gasteiger partial charge in [0.2, 0.25) is 5.91 Å². The van der Waals surface area contributed by atoms with Crippen molar-refractivity contribution in [3.05, 3.63) is 41.7 Å². The third kappa shape index (κ3) is 4.70. The molecule has 1 amide bonds. The van der Waals surface area contributed by atoms with Gasteiger partial charge in [-0.15, -0.1) is 0 Å². The third-order valence-corrected chi connectivity index (χ3v) is 1.98. The second kappa shape index (κ2) is 6.74. The van der Waals surface area contributed by atoms with Crippen molar-refractivity contribution in [2.24, 2.45) is 5.73 Å². The Morgan fingerprint density at radius 3 is 2.69 bits per heavy atom. The molecular weight excluding hydrogens is 207 g/mol. The van der Waals surface area contributed by atoms with Crippen molar-refractivity contribution in [3.63, 3.8) is 0 Å². The number of benzene rings is 1. The van der Waals surface area contributed by atoms with E-state index in [0.717, 1.165) is 12.0 Å². The average Bonchev–Trinajstić information content (AvgIpc) is 2.29. The predicted molar refractivity (Wildman–Crippen MR) is 62.1 cm³/mol. The number of hydrogen-bond acceptors (Lipinski definition) is 2. The van der Waals surface area contributed by atoms with Gasteiger partial charge in [0.25, 0.3) is 0 Å². The average molecular weight is 222 g/mol. The lowest BCUT2D eigenvalue weighted by molar-refractivity contribution is -0.116. The molecule has 0 saturated heterocycles. The van der Waals surface area contributed by atoms with Gasteiger partial charge in [-0.05, 0) is 36.7 Å². The van der Waals surface area contributed by atoms with Gasteiger partial charge < -0.3 is 11.1 Å². The zero-order valence-electron chi connectivity index (χ0n) is 8.95. The van der Waals surface area contributed by atoms with Crippen molar-refractivity contribution in [1.82, 2.24) is 5.32 Å². The molecule has 3 N–H and O–H groups in total. The van der Waals surface area contributed by atoms with Crippen LogP contribution in [0.3, 0.4) is 0 Å². The maximum absolute atomic E-state index is 12.6. The van der Waals surface area contributed by atoms with E-state index in [9.17, 15) is 9.18 Å². The fraction of sp³-hybridized carbons (Fsp3) is 0.250. The molecule has 16 heavy (non-hydrogen) atoms. The van der Waals surface area contributed by atoms with E-state index < -0.39 is 0 Å². The second-order valence-electron chi connectivity index (χ2n) is 3.32. The van der Waals surface area contributed by atoms with Crippen LogP contribution in [0, 0.1) is 5.82 Å². The van der Waals surface area contributed by atoms with Crippen LogP contribution in [0.2, 0.25) is 0 Å². The highest BCUT2D eigenvalue weighted by atomic mass is 19.1. The number of halogens is 1. The van der Waals surface area contributed by atoms with Crippen LogP contribution < -0.4 is 11.1 Å². The smallest absolute Gasteiger partial charge is 0.243 e. The first-order valence-electron chi connectivity index (χ1n) is 5.14. The minimum atomic E-state index is -0.287. The van der Waals surface area contributed by atoms with Crippen LogP contribution in [-0.2, 0) is 4.79 Å². The van der Waals surface area contributed by atoms with Crippen LogP contribution >= 0.6 is 0 Å². The Labute approximate surface area is 94.1 Å². The van der Waals surface area contributed by atoms with E-state index >= 15 is 0 Å². The Balaban J connectivity index is 2.41. The Morgan fingerprint density at radius 1 is 1.38 bits per heavy atom. The van der Waals surface area contributed by atoms with E-state index in [1.807, 2.05) is 0 Å². The summed E-state index contributed by atoms with van der Waals surface area (Å²) in [6, 6.07) is 5.93. The van der Waals surface area contributed by atoms with Crippen molar-refractivity contribution >= 4 is 12.0 Å². The van der Waals surface area contributed by atoms with Gasteiger partial charge in [0.15, 0.2) is 0 Å². The van der Waals surface area contributed by atoms with Crippen molar-refractivity contribution in [2.45, 2.75) is 6.42 Å². The molecule has 4 heteroatoms. The first kappa shape index (κ1) is 12.4. The van der Waals surface area contributed by atoms with Crippen LogP contribution in [0.4, 0.5) is 4.39 Å². The fourth-order valence-corrected chi connectivity index (χ4v) is 1.12. The van der Waals surface area contributed by atoms with Crippen LogP contribution in [0.25, 0.3) is 6.08 Å². The van der Waals surface area contributed by atoms with E-state index in [0.29, 0.717) is 13.1 Å². The van der Waals surface area contributed by atoms with Crippen molar-refractivity contribution in [1.29, 1.82) is 0 Å². The normalized spacial score (nSPS) is 10.6. The quantitative estimate of drug-likeness (QED) is 0.583. The molecule has 3 nitrogen and oxygen atoms in total. The van der Waals surface area contributed by atoms with E-state index in [4.69, 9.17) is 5.73 Å². The van der Waals surface area contributed by atoms with Gasteiger partial charge in [0.05, 0.1) is 0 Å². The van der Waals surface area contributed by atoms with Crippen molar-refractivity contribution < 1.29 is 9.18 Å². The zero-order chi connectivity index (χ0) is 11.8. The SMILES string of the molecule is NCCCNC(=O)C=Cc1ccc(F)cc1. The Kier molecular flexibility index (Phi) is 5.22. The van der Waals surface area contributed by atoms with Gasteiger partial charge in [-0.2, -0.15) is 0 Å². The van der Waals surface area contributed by atoms with E-state index in [1.165, 1.54) is 18.2 Å². The number of hydrogen-bond donors (Lipinski definition) is 2. The summed E-state index contributed by atoms with van der Waals surface area (Å²) < 4.78 is 12.6. The lowest BCUT2D eigenvalue weighted by Gasteiger charge is -1.99. The molecule has 0 atom stereocenters. The Hall–Kier alpha value is -1.68. The monoisotopic (exact) mass is 222 g/mol. The Bertz CT molecular complexity index is 360. The highest BCUT2D eigenvalue weighted by Gasteiger charge is 1.94. The zero-order valence-corrected chi connectivity index (χ0v) is 8.95. The van der Waals surface area contributed by atoms with Crippen LogP contribution in [0.15, 0.2) is 30.3 Å². The highest BCUT2D eigenvalue weighted by Crippen LogP contribution is 2.04. The summed E-state index contributed by atoms with van der Waals surface area (Å²) in [6.45, 7) is 1.13. The first-order chi connectivity index (χ1) is 7.72. The number of carbonyl (C=O) groups excluding carboxylic acids is 1. The van der Waals surface area contributed by atoms with E-state index in [-0.39, 0.29) is 11.7 Å². The summed E-state index contributed by atoms with van der Waals surface area (Å²) in [5.74, 6) is -0.456. The lowest BCUT2D eigenvalue weighted by atomic mass is 10.2. The number of nitrogens with one attached hydrogen (secondary N) is 1. The van der Waals surface area contributed by atoms with E-state index in [1.54, 1.807) is 18.2 Å². The summed E-state index contributed by atoms with van der Waals surface area (Å²) in [7, 11) is 0. The van der Waals surface area contributed by atoms with Gasteiger partial charge in [0, 0.05) is 12.6 Å². The molecular formula is C12H15FN2O. The number of nitrogens with two attached hydrogens (primary N) is 1. The lowest BCUT2D eigenvalue weighted by Crippen LogP contribution is -2.23. The Morgan fingerprint density at radius 2 is 2.06 bits per heavy atom. The molecule has 1 rings (SSSR count). The molecule has 0 aliphatic heterocycles. The summed E-state index contributed by atoms with van der Waals surface area (Å²) in [4.78, 5) is 11.2. The predicted octanol–water partition coefficient (Wildman–Crippen LogP) is 1.30. The first-order valence-corrected chi connectivity index (χ1v) is 5.14. The summed E-state index contributed by atoms with van der Waals surface area (Å²) in [5, 5.41) is 2.69. The molecule has 1 aromatic rings. The molecule has 0 radical (unpaired) electrons. The third-order valence-electron chi connectivity index (χ3n) is 1.98. The molecule has 0 saturated carbocycles. The van der Waals surface area contributed by atoms with Crippen LogP contribution in [0.1, 0.15) is 12.0 Å². The van der Waals surface area contributed by atoms with Crippen LogP contribution in [-0.4, -0.2) is 19.0 Å². The van der Waals surface area contributed by atoms with Gasteiger partial charge in [-0.25, -0.2) is 4.39 Å². The summed E-state index contributed by atoms with van der Waals surface area (Å²) in [5.41, 5.74) is 6.08. The second-order valence-corrected chi connectivity index (χ2v) is 3.32. The minimum absolute atomic E-state index is 0.169.